The van der Waals surface area contributed by atoms with Crippen LogP contribution in [0.3, 0.4) is 0 Å². The second-order valence-electron chi connectivity index (χ2n) is 5.77. The normalized spacial score (nSPS) is 22.0. The fraction of sp³-hybridized carbons (Fsp3) is 0.562. The number of anilines is 1. The SMILES string of the molecule is O=C(NCC1CCCO1)N1CCN(c2ccc(Br)cc2)CC1. The van der Waals surface area contributed by atoms with E-state index < -0.39 is 0 Å². The van der Waals surface area contributed by atoms with E-state index in [-0.39, 0.29) is 12.1 Å². The molecule has 0 saturated carbocycles. The zero-order valence-electron chi connectivity index (χ0n) is 12.6. The minimum absolute atomic E-state index is 0.0333. The van der Waals surface area contributed by atoms with Crippen molar-refractivity contribution in [2.45, 2.75) is 18.9 Å². The van der Waals surface area contributed by atoms with E-state index >= 15 is 0 Å². The summed E-state index contributed by atoms with van der Waals surface area (Å²) in [5.41, 5.74) is 1.21. The highest BCUT2D eigenvalue weighted by Gasteiger charge is 2.22. The van der Waals surface area contributed by atoms with Crippen molar-refractivity contribution in [1.29, 1.82) is 0 Å². The number of hydrogen-bond acceptors (Lipinski definition) is 3. The smallest absolute Gasteiger partial charge is 0.317 e. The van der Waals surface area contributed by atoms with Gasteiger partial charge in [-0.2, -0.15) is 0 Å². The Morgan fingerprint density at radius 2 is 1.95 bits per heavy atom. The minimum Gasteiger partial charge on any atom is -0.376 e. The van der Waals surface area contributed by atoms with Gasteiger partial charge in [0.05, 0.1) is 6.10 Å². The van der Waals surface area contributed by atoms with Gasteiger partial charge in [-0.15, -0.1) is 0 Å². The maximum Gasteiger partial charge on any atom is 0.317 e. The molecule has 120 valence electrons. The Kier molecular flexibility index (Phi) is 5.20. The van der Waals surface area contributed by atoms with E-state index in [1.54, 1.807) is 0 Å². The highest BCUT2D eigenvalue weighted by molar-refractivity contribution is 9.10. The van der Waals surface area contributed by atoms with Crippen LogP contribution in [0.4, 0.5) is 10.5 Å². The fourth-order valence-corrected chi connectivity index (χ4v) is 3.20. The van der Waals surface area contributed by atoms with Crippen LogP contribution in [-0.4, -0.2) is 56.4 Å². The summed E-state index contributed by atoms with van der Waals surface area (Å²) < 4.78 is 6.62. The number of halogens is 1. The Morgan fingerprint density at radius 1 is 1.23 bits per heavy atom. The van der Waals surface area contributed by atoms with Crippen molar-refractivity contribution in [2.24, 2.45) is 0 Å². The summed E-state index contributed by atoms with van der Waals surface area (Å²) in [6, 6.07) is 8.35. The molecular formula is C16H22BrN3O2. The average Bonchev–Trinajstić information content (AvgIpc) is 3.07. The number of amides is 2. The van der Waals surface area contributed by atoms with Crippen LogP contribution in [0.1, 0.15) is 12.8 Å². The molecule has 2 heterocycles. The third-order valence-corrected chi connectivity index (χ3v) is 4.79. The second kappa shape index (κ2) is 7.33. The van der Waals surface area contributed by atoms with Crippen LogP contribution >= 0.6 is 15.9 Å². The Bertz CT molecular complexity index is 495. The third-order valence-electron chi connectivity index (χ3n) is 4.26. The first-order valence-corrected chi connectivity index (χ1v) is 8.66. The molecule has 0 bridgehead atoms. The van der Waals surface area contributed by atoms with Gasteiger partial charge in [0, 0.05) is 49.5 Å². The molecule has 1 unspecified atom stereocenters. The lowest BCUT2D eigenvalue weighted by Crippen LogP contribution is -2.52. The molecule has 1 atom stereocenters. The topological polar surface area (TPSA) is 44.8 Å². The van der Waals surface area contributed by atoms with Crippen LogP contribution in [0.25, 0.3) is 0 Å². The highest BCUT2D eigenvalue weighted by Crippen LogP contribution is 2.19. The van der Waals surface area contributed by atoms with Gasteiger partial charge in [-0.05, 0) is 37.1 Å². The first kappa shape index (κ1) is 15.6. The highest BCUT2D eigenvalue weighted by atomic mass is 79.9. The van der Waals surface area contributed by atoms with Crippen LogP contribution in [-0.2, 0) is 4.74 Å². The molecule has 0 aliphatic carbocycles. The minimum atomic E-state index is 0.0333. The summed E-state index contributed by atoms with van der Waals surface area (Å²) in [6.45, 7) is 4.71. The van der Waals surface area contributed by atoms with Crippen LogP contribution in [0.5, 0.6) is 0 Å². The number of nitrogens with one attached hydrogen (secondary N) is 1. The lowest BCUT2D eigenvalue weighted by Gasteiger charge is -2.36. The molecule has 2 fully saturated rings. The number of nitrogens with zero attached hydrogens (tertiary/aromatic N) is 2. The number of benzene rings is 1. The predicted octanol–water partition coefficient (Wildman–Crippen LogP) is 2.46. The summed E-state index contributed by atoms with van der Waals surface area (Å²) in [5.74, 6) is 0. The number of ether oxygens (including phenoxy) is 1. The molecule has 1 aromatic rings. The maximum atomic E-state index is 12.2. The molecule has 1 N–H and O–H groups in total. The van der Waals surface area contributed by atoms with Gasteiger partial charge < -0.3 is 19.9 Å². The van der Waals surface area contributed by atoms with E-state index in [4.69, 9.17) is 4.74 Å². The Labute approximate surface area is 139 Å². The average molecular weight is 368 g/mol. The van der Waals surface area contributed by atoms with Crippen molar-refractivity contribution in [3.05, 3.63) is 28.7 Å². The van der Waals surface area contributed by atoms with Crippen molar-refractivity contribution in [1.82, 2.24) is 10.2 Å². The van der Waals surface area contributed by atoms with Gasteiger partial charge in [0.2, 0.25) is 0 Å². The van der Waals surface area contributed by atoms with Gasteiger partial charge in [0.25, 0.3) is 0 Å². The lowest BCUT2D eigenvalue weighted by atomic mass is 10.2. The van der Waals surface area contributed by atoms with Crippen molar-refractivity contribution < 1.29 is 9.53 Å². The van der Waals surface area contributed by atoms with Crippen LogP contribution < -0.4 is 10.2 Å². The number of carbonyl (C=O) groups is 1. The molecule has 0 spiro atoms. The molecule has 22 heavy (non-hydrogen) atoms. The van der Waals surface area contributed by atoms with Gasteiger partial charge in [0.15, 0.2) is 0 Å². The number of carbonyl (C=O) groups excluding carboxylic acids is 1. The van der Waals surface area contributed by atoms with Gasteiger partial charge in [-0.1, -0.05) is 15.9 Å². The third kappa shape index (κ3) is 3.93. The summed E-state index contributed by atoms with van der Waals surface area (Å²) in [4.78, 5) is 16.4. The number of piperazine rings is 1. The first-order chi connectivity index (χ1) is 10.7. The standard InChI is InChI=1S/C16H22BrN3O2/c17-13-3-5-14(6-4-13)19-7-9-20(10-8-19)16(21)18-12-15-2-1-11-22-15/h3-6,15H,1-2,7-12H2,(H,18,21). The monoisotopic (exact) mass is 367 g/mol. The molecular weight excluding hydrogens is 346 g/mol. The Hall–Kier alpha value is -1.27. The first-order valence-electron chi connectivity index (χ1n) is 7.87. The molecule has 0 aromatic heterocycles. The molecule has 3 rings (SSSR count). The van der Waals surface area contributed by atoms with E-state index in [1.165, 1.54) is 5.69 Å². The molecule has 2 saturated heterocycles. The zero-order chi connectivity index (χ0) is 15.4. The van der Waals surface area contributed by atoms with Gasteiger partial charge in [-0.3, -0.25) is 0 Å². The van der Waals surface area contributed by atoms with Crippen molar-refractivity contribution in [3.63, 3.8) is 0 Å². The number of urea groups is 1. The molecule has 5 nitrogen and oxygen atoms in total. The van der Waals surface area contributed by atoms with Gasteiger partial charge in [-0.25, -0.2) is 4.79 Å². The Balaban J connectivity index is 1.44. The summed E-state index contributed by atoms with van der Waals surface area (Å²) in [5, 5.41) is 2.99. The van der Waals surface area contributed by atoms with Gasteiger partial charge in [0.1, 0.15) is 0 Å². The predicted molar refractivity (Wildman–Crippen MR) is 90.3 cm³/mol. The molecule has 2 amide bonds. The quantitative estimate of drug-likeness (QED) is 0.892. The van der Waals surface area contributed by atoms with E-state index in [1.807, 2.05) is 4.90 Å². The van der Waals surface area contributed by atoms with Gasteiger partial charge >= 0.3 is 6.03 Å². The molecule has 6 heteroatoms. The maximum absolute atomic E-state index is 12.2. The van der Waals surface area contributed by atoms with Crippen LogP contribution in [0, 0.1) is 0 Å². The number of rotatable bonds is 3. The lowest BCUT2D eigenvalue weighted by molar-refractivity contribution is 0.108. The Morgan fingerprint density at radius 3 is 2.59 bits per heavy atom. The van der Waals surface area contributed by atoms with Crippen molar-refractivity contribution >= 4 is 27.6 Å². The molecule has 0 radical (unpaired) electrons. The molecule has 2 aliphatic heterocycles. The van der Waals surface area contributed by atoms with Crippen molar-refractivity contribution in [3.8, 4) is 0 Å². The largest absolute Gasteiger partial charge is 0.376 e. The van der Waals surface area contributed by atoms with Crippen LogP contribution in [0.2, 0.25) is 0 Å². The molecule has 2 aliphatic rings. The number of hydrogen-bond donors (Lipinski definition) is 1. The van der Waals surface area contributed by atoms with Crippen LogP contribution in [0.15, 0.2) is 28.7 Å². The fourth-order valence-electron chi connectivity index (χ4n) is 2.94. The zero-order valence-corrected chi connectivity index (χ0v) is 14.2. The molecule has 1 aromatic carbocycles. The summed E-state index contributed by atoms with van der Waals surface area (Å²) in [6.07, 6.45) is 2.36. The van der Waals surface area contributed by atoms with E-state index in [2.05, 4.69) is 50.4 Å². The van der Waals surface area contributed by atoms with E-state index in [0.29, 0.717) is 6.54 Å². The van der Waals surface area contributed by atoms with E-state index in [0.717, 1.165) is 50.1 Å². The second-order valence-corrected chi connectivity index (χ2v) is 6.69. The van der Waals surface area contributed by atoms with E-state index in [9.17, 15) is 4.79 Å². The summed E-state index contributed by atoms with van der Waals surface area (Å²) in [7, 11) is 0. The van der Waals surface area contributed by atoms with Crippen molar-refractivity contribution in [2.75, 3.05) is 44.2 Å². The summed E-state index contributed by atoms with van der Waals surface area (Å²) >= 11 is 3.45.